The fourth-order valence-corrected chi connectivity index (χ4v) is 2.79. The van der Waals surface area contributed by atoms with Crippen LogP contribution in [-0.2, 0) is 9.59 Å². The first kappa shape index (κ1) is 18.2. The summed E-state index contributed by atoms with van der Waals surface area (Å²) in [6, 6.07) is 6.04. The number of benzene rings is 1. The molecule has 0 bridgehead atoms. The standard InChI is InChI=1S/C17H23FN2O4/c1-13(21)20-9-5-8-17(23,12-20)16(22)19(2)10-11-24-15-7-4-3-6-14(15)18/h3-4,6-7,23H,5,8-12H2,1-2H3. The predicted octanol–water partition coefficient (Wildman–Crippen LogP) is 1.04. The highest BCUT2D eigenvalue weighted by molar-refractivity contribution is 5.86. The molecular formula is C17H23FN2O4. The lowest BCUT2D eigenvalue weighted by molar-refractivity contribution is -0.159. The van der Waals surface area contributed by atoms with Crippen molar-refractivity contribution in [3.05, 3.63) is 30.1 Å². The van der Waals surface area contributed by atoms with Crippen molar-refractivity contribution in [2.24, 2.45) is 0 Å². The average Bonchev–Trinajstić information content (AvgIpc) is 2.55. The van der Waals surface area contributed by atoms with E-state index in [2.05, 4.69) is 0 Å². The van der Waals surface area contributed by atoms with Crippen LogP contribution in [0, 0.1) is 5.82 Å². The van der Waals surface area contributed by atoms with Crippen molar-refractivity contribution in [2.75, 3.05) is 33.3 Å². The van der Waals surface area contributed by atoms with E-state index in [4.69, 9.17) is 4.74 Å². The number of ether oxygens (including phenoxy) is 1. The number of β-amino-alcohol motifs (C(OH)–C–C–N with tert-alkyl or cyclic N) is 1. The van der Waals surface area contributed by atoms with Crippen LogP contribution in [0.2, 0.25) is 0 Å². The lowest BCUT2D eigenvalue weighted by Crippen LogP contribution is -2.58. The molecule has 132 valence electrons. The maximum Gasteiger partial charge on any atom is 0.256 e. The number of carbonyl (C=O) groups is 2. The molecule has 1 aliphatic heterocycles. The van der Waals surface area contributed by atoms with Gasteiger partial charge in [0.25, 0.3) is 5.91 Å². The van der Waals surface area contributed by atoms with Gasteiger partial charge >= 0.3 is 0 Å². The molecule has 24 heavy (non-hydrogen) atoms. The molecule has 1 unspecified atom stereocenters. The van der Waals surface area contributed by atoms with Gasteiger partial charge in [0.1, 0.15) is 6.61 Å². The van der Waals surface area contributed by atoms with Gasteiger partial charge in [-0.15, -0.1) is 0 Å². The van der Waals surface area contributed by atoms with Gasteiger partial charge < -0.3 is 19.6 Å². The maximum atomic E-state index is 13.5. The molecule has 1 N–H and O–H groups in total. The highest BCUT2D eigenvalue weighted by Crippen LogP contribution is 2.23. The number of piperidine rings is 1. The van der Waals surface area contributed by atoms with E-state index in [9.17, 15) is 19.1 Å². The predicted molar refractivity (Wildman–Crippen MR) is 86.0 cm³/mol. The van der Waals surface area contributed by atoms with E-state index in [0.717, 1.165) is 0 Å². The third-order valence-corrected chi connectivity index (χ3v) is 4.18. The Kier molecular flexibility index (Phi) is 5.77. The van der Waals surface area contributed by atoms with E-state index in [1.54, 1.807) is 19.2 Å². The summed E-state index contributed by atoms with van der Waals surface area (Å²) in [6.07, 6.45) is 0.884. The fraction of sp³-hybridized carbons (Fsp3) is 0.529. The summed E-state index contributed by atoms with van der Waals surface area (Å²) in [4.78, 5) is 26.8. The SMILES string of the molecule is CC(=O)N1CCCC(O)(C(=O)N(C)CCOc2ccccc2F)C1. The highest BCUT2D eigenvalue weighted by atomic mass is 19.1. The fourth-order valence-electron chi connectivity index (χ4n) is 2.79. The molecule has 0 aromatic heterocycles. The molecule has 1 aromatic carbocycles. The van der Waals surface area contributed by atoms with Gasteiger partial charge in [0.05, 0.1) is 13.1 Å². The lowest BCUT2D eigenvalue weighted by Gasteiger charge is -2.39. The zero-order chi connectivity index (χ0) is 17.7. The third-order valence-electron chi connectivity index (χ3n) is 4.18. The topological polar surface area (TPSA) is 70.1 Å². The number of rotatable bonds is 5. The molecule has 1 atom stereocenters. The maximum absolute atomic E-state index is 13.5. The summed E-state index contributed by atoms with van der Waals surface area (Å²) in [6.45, 7) is 2.28. The summed E-state index contributed by atoms with van der Waals surface area (Å²) < 4.78 is 18.8. The first-order valence-corrected chi connectivity index (χ1v) is 7.94. The van der Waals surface area contributed by atoms with Crippen LogP contribution in [0.5, 0.6) is 5.75 Å². The molecule has 1 fully saturated rings. The van der Waals surface area contributed by atoms with Crippen molar-refractivity contribution in [3.8, 4) is 5.75 Å². The zero-order valence-electron chi connectivity index (χ0n) is 14.0. The molecule has 1 aliphatic rings. The van der Waals surface area contributed by atoms with Gasteiger partial charge in [-0.05, 0) is 25.0 Å². The van der Waals surface area contributed by atoms with Gasteiger partial charge in [-0.1, -0.05) is 12.1 Å². The molecule has 7 heteroatoms. The Bertz CT molecular complexity index is 610. The van der Waals surface area contributed by atoms with Crippen molar-refractivity contribution in [1.82, 2.24) is 9.80 Å². The van der Waals surface area contributed by atoms with Crippen molar-refractivity contribution < 1.29 is 23.8 Å². The second-order valence-corrected chi connectivity index (χ2v) is 6.08. The van der Waals surface area contributed by atoms with E-state index in [0.29, 0.717) is 19.4 Å². The number of nitrogens with zero attached hydrogens (tertiary/aromatic N) is 2. The smallest absolute Gasteiger partial charge is 0.256 e. The Morgan fingerprint density at radius 2 is 2.12 bits per heavy atom. The van der Waals surface area contributed by atoms with Gasteiger partial charge in [0, 0.05) is 20.5 Å². The summed E-state index contributed by atoms with van der Waals surface area (Å²) in [5.74, 6) is -0.955. The van der Waals surface area contributed by atoms with Crippen LogP contribution in [0.1, 0.15) is 19.8 Å². The van der Waals surface area contributed by atoms with Gasteiger partial charge in [0.15, 0.2) is 17.2 Å². The first-order chi connectivity index (χ1) is 11.3. The van der Waals surface area contributed by atoms with Crippen molar-refractivity contribution in [3.63, 3.8) is 0 Å². The number of halogens is 1. The molecular weight excluding hydrogens is 315 g/mol. The largest absolute Gasteiger partial charge is 0.489 e. The third kappa shape index (κ3) is 4.23. The number of carbonyl (C=O) groups excluding carboxylic acids is 2. The monoisotopic (exact) mass is 338 g/mol. The number of hydrogen-bond donors (Lipinski definition) is 1. The molecule has 2 rings (SSSR count). The van der Waals surface area contributed by atoms with Crippen LogP contribution in [0.25, 0.3) is 0 Å². The van der Waals surface area contributed by atoms with Crippen LogP contribution in [-0.4, -0.2) is 65.6 Å². The Balaban J connectivity index is 1.89. The highest BCUT2D eigenvalue weighted by Gasteiger charge is 2.42. The molecule has 0 spiro atoms. The minimum Gasteiger partial charge on any atom is -0.489 e. The second-order valence-electron chi connectivity index (χ2n) is 6.08. The van der Waals surface area contributed by atoms with Crippen LogP contribution in [0.15, 0.2) is 24.3 Å². The Labute approximate surface area is 140 Å². The number of hydrogen-bond acceptors (Lipinski definition) is 4. The van der Waals surface area contributed by atoms with Crippen LogP contribution >= 0.6 is 0 Å². The minimum atomic E-state index is -1.57. The van der Waals surface area contributed by atoms with E-state index in [1.165, 1.54) is 28.9 Å². The van der Waals surface area contributed by atoms with E-state index in [-0.39, 0.29) is 31.4 Å². The Morgan fingerprint density at radius 3 is 2.79 bits per heavy atom. The summed E-state index contributed by atoms with van der Waals surface area (Å²) >= 11 is 0. The summed E-state index contributed by atoms with van der Waals surface area (Å²) in [5.41, 5.74) is -1.57. The summed E-state index contributed by atoms with van der Waals surface area (Å²) in [7, 11) is 1.55. The van der Waals surface area contributed by atoms with Gasteiger partial charge in [-0.2, -0.15) is 0 Å². The van der Waals surface area contributed by atoms with Gasteiger partial charge in [0.2, 0.25) is 5.91 Å². The number of para-hydroxylation sites is 1. The van der Waals surface area contributed by atoms with Gasteiger partial charge in [-0.25, -0.2) is 4.39 Å². The molecule has 1 heterocycles. The zero-order valence-corrected chi connectivity index (χ0v) is 14.0. The van der Waals surface area contributed by atoms with Crippen LogP contribution in [0.4, 0.5) is 4.39 Å². The number of amides is 2. The molecule has 1 aromatic rings. The Hall–Kier alpha value is -2.15. The molecule has 0 radical (unpaired) electrons. The first-order valence-electron chi connectivity index (χ1n) is 7.94. The molecule has 1 saturated heterocycles. The van der Waals surface area contributed by atoms with Crippen LogP contribution in [0.3, 0.4) is 0 Å². The van der Waals surface area contributed by atoms with E-state index >= 15 is 0 Å². The second kappa shape index (κ2) is 7.61. The summed E-state index contributed by atoms with van der Waals surface area (Å²) in [5, 5.41) is 10.6. The number of likely N-dealkylation sites (tertiary alicyclic amines) is 1. The van der Waals surface area contributed by atoms with E-state index < -0.39 is 17.3 Å². The van der Waals surface area contributed by atoms with E-state index in [1.807, 2.05) is 0 Å². The average molecular weight is 338 g/mol. The molecule has 0 saturated carbocycles. The van der Waals surface area contributed by atoms with Gasteiger partial charge in [-0.3, -0.25) is 9.59 Å². The van der Waals surface area contributed by atoms with Crippen molar-refractivity contribution in [1.29, 1.82) is 0 Å². The number of aliphatic hydroxyl groups is 1. The normalized spacial score (nSPS) is 20.6. The minimum absolute atomic E-state index is 0.000320. The molecule has 2 amide bonds. The lowest BCUT2D eigenvalue weighted by atomic mass is 9.91. The van der Waals surface area contributed by atoms with Crippen molar-refractivity contribution in [2.45, 2.75) is 25.4 Å². The quantitative estimate of drug-likeness (QED) is 0.871. The molecule has 6 nitrogen and oxygen atoms in total. The number of likely N-dealkylation sites (N-methyl/N-ethyl adjacent to an activating group) is 1. The molecule has 0 aliphatic carbocycles. The van der Waals surface area contributed by atoms with Crippen LogP contribution < -0.4 is 4.74 Å². The Morgan fingerprint density at radius 1 is 1.42 bits per heavy atom. The van der Waals surface area contributed by atoms with Crippen molar-refractivity contribution >= 4 is 11.8 Å².